The first-order valence-corrected chi connectivity index (χ1v) is 5.48. The summed E-state index contributed by atoms with van der Waals surface area (Å²) in [6, 6.07) is 0. The summed E-state index contributed by atoms with van der Waals surface area (Å²) >= 11 is 0. The molecule has 0 aliphatic carbocycles. The second-order valence-corrected chi connectivity index (χ2v) is 5.53. The Bertz CT molecular complexity index is 168. The largest absolute Gasteiger partial charge is 0.390 e. The smallest absolute Gasteiger partial charge is 0.110 e. The quantitative estimate of drug-likeness (QED) is 0.726. The summed E-state index contributed by atoms with van der Waals surface area (Å²) in [5, 5.41) is 9.70. The molecule has 0 aliphatic rings. The van der Waals surface area contributed by atoms with Crippen molar-refractivity contribution in [3.63, 3.8) is 0 Å². The molecule has 0 amide bonds. The van der Waals surface area contributed by atoms with Crippen LogP contribution in [0.4, 0.5) is 4.39 Å². The summed E-state index contributed by atoms with van der Waals surface area (Å²) < 4.78 is 13.9. The molecule has 0 aromatic carbocycles. The summed E-state index contributed by atoms with van der Waals surface area (Å²) in [6.07, 6.45) is 1.25. The first kappa shape index (κ1) is 13.9. The molecular weight excluding hydrogens is 179 g/mol. The number of hydrogen-bond acceptors (Lipinski definition) is 1. The third-order valence-electron chi connectivity index (χ3n) is 3.48. The molecule has 2 unspecified atom stereocenters. The Morgan fingerprint density at radius 3 is 1.86 bits per heavy atom. The van der Waals surface area contributed by atoms with Crippen LogP contribution in [0.2, 0.25) is 0 Å². The van der Waals surface area contributed by atoms with Crippen LogP contribution in [-0.4, -0.2) is 16.4 Å². The van der Waals surface area contributed by atoms with Gasteiger partial charge in [0.25, 0.3) is 0 Å². The van der Waals surface area contributed by atoms with Crippen molar-refractivity contribution in [1.29, 1.82) is 0 Å². The van der Waals surface area contributed by atoms with Gasteiger partial charge in [0.05, 0.1) is 5.60 Å². The average molecular weight is 204 g/mol. The fraction of sp³-hybridized carbons (Fsp3) is 1.00. The van der Waals surface area contributed by atoms with Crippen LogP contribution < -0.4 is 0 Å². The molecule has 0 saturated carbocycles. The molecule has 0 radical (unpaired) electrons. The third kappa shape index (κ3) is 4.41. The summed E-state index contributed by atoms with van der Waals surface area (Å²) in [4.78, 5) is 0. The predicted octanol–water partition coefficient (Wildman–Crippen LogP) is 3.56. The molecule has 0 fully saturated rings. The molecule has 0 spiro atoms. The molecule has 0 rings (SSSR count). The van der Waals surface area contributed by atoms with E-state index >= 15 is 0 Å². The molecule has 0 aromatic heterocycles. The van der Waals surface area contributed by atoms with Crippen LogP contribution in [-0.2, 0) is 0 Å². The highest BCUT2D eigenvalue weighted by Gasteiger charge is 2.30. The Balaban J connectivity index is 4.07. The molecule has 86 valence electrons. The Labute approximate surface area is 87.7 Å². The minimum atomic E-state index is -1.11. The molecule has 1 nitrogen and oxygen atoms in total. The Morgan fingerprint density at radius 2 is 1.57 bits per heavy atom. The topological polar surface area (TPSA) is 20.2 Å². The van der Waals surface area contributed by atoms with Crippen molar-refractivity contribution in [1.82, 2.24) is 0 Å². The molecule has 0 heterocycles. The van der Waals surface area contributed by atoms with E-state index in [1.807, 2.05) is 20.8 Å². The van der Waals surface area contributed by atoms with E-state index in [1.54, 1.807) is 20.8 Å². The van der Waals surface area contributed by atoms with Crippen LogP contribution in [0.15, 0.2) is 0 Å². The summed E-state index contributed by atoms with van der Waals surface area (Å²) in [6.45, 7) is 11.0. The highest BCUT2D eigenvalue weighted by Crippen LogP contribution is 2.31. The minimum Gasteiger partial charge on any atom is -0.390 e. The van der Waals surface area contributed by atoms with E-state index in [4.69, 9.17) is 0 Å². The van der Waals surface area contributed by atoms with Crippen LogP contribution in [0.3, 0.4) is 0 Å². The van der Waals surface area contributed by atoms with Crippen molar-refractivity contribution in [3.05, 3.63) is 0 Å². The number of hydrogen-bond donors (Lipinski definition) is 1. The molecule has 2 heteroatoms. The maximum Gasteiger partial charge on any atom is 0.110 e. The van der Waals surface area contributed by atoms with Gasteiger partial charge in [-0.3, -0.25) is 0 Å². The van der Waals surface area contributed by atoms with E-state index in [2.05, 4.69) is 0 Å². The minimum absolute atomic E-state index is 0.0384. The van der Waals surface area contributed by atoms with Crippen LogP contribution >= 0.6 is 0 Å². The lowest BCUT2D eigenvalue weighted by Gasteiger charge is -2.30. The van der Waals surface area contributed by atoms with Gasteiger partial charge in [0.1, 0.15) is 5.67 Å². The van der Waals surface area contributed by atoms with Crippen molar-refractivity contribution in [2.75, 3.05) is 0 Å². The van der Waals surface area contributed by atoms with E-state index in [9.17, 15) is 9.50 Å². The fourth-order valence-electron chi connectivity index (χ4n) is 1.14. The number of alkyl halides is 1. The highest BCUT2D eigenvalue weighted by molar-refractivity contribution is 4.81. The van der Waals surface area contributed by atoms with Gasteiger partial charge < -0.3 is 5.11 Å². The number of halogens is 1. The van der Waals surface area contributed by atoms with Gasteiger partial charge >= 0.3 is 0 Å². The zero-order chi connectivity index (χ0) is 11.6. The van der Waals surface area contributed by atoms with Crippen LogP contribution in [0.5, 0.6) is 0 Å². The van der Waals surface area contributed by atoms with Crippen LogP contribution in [0.1, 0.15) is 54.4 Å². The van der Waals surface area contributed by atoms with Gasteiger partial charge in [-0.05, 0) is 45.4 Å². The first-order valence-electron chi connectivity index (χ1n) is 5.48. The second kappa shape index (κ2) is 4.61. The Hall–Kier alpha value is -0.110. The predicted molar refractivity (Wildman–Crippen MR) is 59.0 cm³/mol. The van der Waals surface area contributed by atoms with E-state index in [-0.39, 0.29) is 11.8 Å². The second-order valence-electron chi connectivity index (χ2n) is 5.53. The molecular formula is C12H25FO. The maximum absolute atomic E-state index is 13.9. The van der Waals surface area contributed by atoms with Gasteiger partial charge in [0.2, 0.25) is 0 Å². The maximum atomic E-state index is 13.9. The fourth-order valence-corrected chi connectivity index (χ4v) is 1.14. The highest BCUT2D eigenvalue weighted by atomic mass is 19.1. The van der Waals surface area contributed by atoms with Gasteiger partial charge in [0, 0.05) is 0 Å². The van der Waals surface area contributed by atoms with E-state index in [1.165, 1.54) is 0 Å². The normalized spacial score (nSPS) is 19.5. The Morgan fingerprint density at radius 1 is 1.14 bits per heavy atom. The molecule has 0 aliphatic heterocycles. The number of rotatable bonds is 5. The third-order valence-corrected chi connectivity index (χ3v) is 3.48. The zero-order valence-electron chi connectivity index (χ0n) is 10.4. The van der Waals surface area contributed by atoms with Crippen LogP contribution in [0, 0.1) is 11.8 Å². The summed E-state index contributed by atoms with van der Waals surface area (Å²) in [5.74, 6) is 0.174. The summed E-state index contributed by atoms with van der Waals surface area (Å²) in [5.41, 5.74) is -1.81. The molecule has 1 N–H and O–H groups in total. The van der Waals surface area contributed by atoms with Gasteiger partial charge in [-0.25, -0.2) is 4.39 Å². The van der Waals surface area contributed by atoms with Gasteiger partial charge in [-0.1, -0.05) is 20.8 Å². The van der Waals surface area contributed by atoms with Crippen molar-refractivity contribution in [2.24, 2.45) is 11.8 Å². The lowest BCUT2D eigenvalue weighted by Crippen LogP contribution is -2.32. The van der Waals surface area contributed by atoms with E-state index in [0.717, 1.165) is 6.42 Å². The average Bonchev–Trinajstić information content (AvgIpc) is 1.98. The number of aliphatic hydroxyl groups is 1. The standard InChI is InChI=1S/C12H25FO/c1-9(2)12(6,13)8-7-10(3)11(4,5)14/h9-10,14H,7-8H2,1-6H3. The zero-order valence-corrected chi connectivity index (χ0v) is 10.4. The van der Waals surface area contributed by atoms with Crippen molar-refractivity contribution in [3.8, 4) is 0 Å². The monoisotopic (exact) mass is 204 g/mol. The molecule has 2 atom stereocenters. The first-order chi connectivity index (χ1) is 6.07. The molecule has 0 saturated heterocycles. The molecule has 14 heavy (non-hydrogen) atoms. The van der Waals surface area contributed by atoms with Gasteiger partial charge in [0.15, 0.2) is 0 Å². The van der Waals surface area contributed by atoms with E-state index < -0.39 is 11.3 Å². The van der Waals surface area contributed by atoms with Crippen molar-refractivity contribution >= 4 is 0 Å². The van der Waals surface area contributed by atoms with Crippen molar-refractivity contribution < 1.29 is 9.50 Å². The lowest BCUT2D eigenvalue weighted by molar-refractivity contribution is 0.00881. The van der Waals surface area contributed by atoms with Crippen LogP contribution in [0.25, 0.3) is 0 Å². The summed E-state index contributed by atoms with van der Waals surface area (Å²) in [7, 11) is 0. The SMILES string of the molecule is CC(CCC(C)(F)C(C)C)C(C)(C)O. The van der Waals surface area contributed by atoms with Crippen molar-refractivity contribution in [2.45, 2.75) is 65.7 Å². The Kier molecular flexibility index (Phi) is 4.57. The van der Waals surface area contributed by atoms with E-state index in [0.29, 0.717) is 6.42 Å². The molecule has 0 aromatic rings. The van der Waals surface area contributed by atoms with Gasteiger partial charge in [-0.2, -0.15) is 0 Å². The lowest BCUT2D eigenvalue weighted by atomic mass is 9.82. The van der Waals surface area contributed by atoms with Gasteiger partial charge in [-0.15, -0.1) is 0 Å². The molecule has 0 bridgehead atoms.